The Morgan fingerprint density at radius 2 is 2.05 bits per heavy atom. The Morgan fingerprint density at radius 3 is 2.67 bits per heavy atom. The number of halogens is 4. The molecule has 0 atom stereocenters. The molecular formula is C12H7ClF3N3O2. The van der Waals surface area contributed by atoms with E-state index in [1.807, 2.05) is 0 Å². The predicted octanol–water partition coefficient (Wildman–Crippen LogP) is 2.69. The number of aromatic amines is 1. The number of benzene rings is 1. The number of hydrogen-bond donors (Lipinski definition) is 2. The first-order valence-electron chi connectivity index (χ1n) is 5.50. The van der Waals surface area contributed by atoms with Crippen molar-refractivity contribution in [3.05, 3.63) is 57.2 Å². The topological polar surface area (TPSA) is 74.8 Å². The van der Waals surface area contributed by atoms with Crippen molar-refractivity contribution in [2.24, 2.45) is 0 Å². The van der Waals surface area contributed by atoms with Crippen molar-refractivity contribution in [1.29, 1.82) is 0 Å². The zero-order valence-corrected chi connectivity index (χ0v) is 10.9. The first kappa shape index (κ1) is 15.0. The van der Waals surface area contributed by atoms with Gasteiger partial charge in [-0.15, -0.1) is 0 Å². The molecular weight excluding hydrogens is 311 g/mol. The van der Waals surface area contributed by atoms with Crippen LogP contribution in [0.1, 0.15) is 15.9 Å². The van der Waals surface area contributed by atoms with Crippen LogP contribution in [0, 0.1) is 0 Å². The fourth-order valence-electron chi connectivity index (χ4n) is 1.49. The summed E-state index contributed by atoms with van der Waals surface area (Å²) in [5.74, 6) is -0.912. The zero-order valence-electron chi connectivity index (χ0n) is 10.2. The molecule has 0 fully saturated rings. The molecule has 2 rings (SSSR count). The first-order chi connectivity index (χ1) is 9.79. The van der Waals surface area contributed by atoms with Gasteiger partial charge in [-0.1, -0.05) is 11.6 Å². The summed E-state index contributed by atoms with van der Waals surface area (Å²) in [6.45, 7) is 0. The summed E-state index contributed by atoms with van der Waals surface area (Å²) in [7, 11) is 0. The molecule has 2 aromatic rings. The van der Waals surface area contributed by atoms with Gasteiger partial charge in [0.1, 0.15) is 5.56 Å². The first-order valence-corrected chi connectivity index (χ1v) is 5.87. The molecule has 9 heteroatoms. The van der Waals surface area contributed by atoms with Crippen LogP contribution in [0.5, 0.6) is 0 Å². The lowest BCUT2D eigenvalue weighted by molar-refractivity contribution is -0.137. The molecule has 1 heterocycles. The van der Waals surface area contributed by atoms with Crippen molar-refractivity contribution >= 4 is 23.2 Å². The molecule has 1 aromatic carbocycles. The number of nitrogens with one attached hydrogen (secondary N) is 2. The van der Waals surface area contributed by atoms with Crippen LogP contribution >= 0.6 is 11.6 Å². The van der Waals surface area contributed by atoms with Crippen molar-refractivity contribution in [3.8, 4) is 0 Å². The lowest BCUT2D eigenvalue weighted by Crippen LogP contribution is -2.23. The highest BCUT2D eigenvalue weighted by Gasteiger charge is 2.31. The lowest BCUT2D eigenvalue weighted by atomic mass is 10.2. The Kier molecular flexibility index (Phi) is 3.99. The third-order valence-corrected chi connectivity index (χ3v) is 2.83. The van der Waals surface area contributed by atoms with Crippen LogP contribution in [0.2, 0.25) is 5.02 Å². The number of amides is 1. The second kappa shape index (κ2) is 5.57. The van der Waals surface area contributed by atoms with Crippen molar-refractivity contribution < 1.29 is 18.0 Å². The monoisotopic (exact) mass is 317 g/mol. The van der Waals surface area contributed by atoms with Gasteiger partial charge in [0.2, 0.25) is 0 Å². The summed E-state index contributed by atoms with van der Waals surface area (Å²) in [5.41, 5.74) is -2.28. The quantitative estimate of drug-likeness (QED) is 0.894. The normalized spacial score (nSPS) is 11.2. The van der Waals surface area contributed by atoms with Gasteiger partial charge in [-0.25, -0.2) is 4.98 Å². The minimum atomic E-state index is -4.57. The molecule has 2 N–H and O–H groups in total. The molecule has 1 aromatic heterocycles. The Morgan fingerprint density at radius 1 is 1.33 bits per heavy atom. The van der Waals surface area contributed by atoms with Gasteiger partial charge in [0.15, 0.2) is 0 Å². The molecule has 110 valence electrons. The zero-order chi connectivity index (χ0) is 15.6. The van der Waals surface area contributed by atoms with Crippen LogP contribution in [0.15, 0.2) is 35.5 Å². The maximum Gasteiger partial charge on any atom is 0.416 e. The second-order valence-electron chi connectivity index (χ2n) is 3.94. The maximum absolute atomic E-state index is 12.6. The molecule has 0 spiro atoms. The molecule has 0 saturated carbocycles. The van der Waals surface area contributed by atoms with Gasteiger partial charge in [0.05, 0.1) is 22.6 Å². The van der Waals surface area contributed by atoms with Crippen molar-refractivity contribution in [2.75, 3.05) is 5.32 Å². The summed E-state index contributed by atoms with van der Waals surface area (Å²) < 4.78 is 37.8. The average Bonchev–Trinajstić information content (AvgIpc) is 2.40. The number of alkyl halides is 3. The summed E-state index contributed by atoms with van der Waals surface area (Å²) in [6, 6.07) is 2.48. The van der Waals surface area contributed by atoms with E-state index < -0.39 is 23.2 Å². The summed E-state index contributed by atoms with van der Waals surface area (Å²) in [4.78, 5) is 29.0. The van der Waals surface area contributed by atoms with Gasteiger partial charge < -0.3 is 10.3 Å². The fraction of sp³-hybridized carbons (Fsp3) is 0.0833. The highest BCUT2D eigenvalue weighted by molar-refractivity contribution is 6.33. The number of H-pyrrole nitrogens is 1. The van der Waals surface area contributed by atoms with E-state index in [4.69, 9.17) is 11.6 Å². The lowest BCUT2D eigenvalue weighted by Gasteiger charge is -2.11. The Labute approximate surface area is 120 Å². The molecule has 0 radical (unpaired) electrons. The largest absolute Gasteiger partial charge is 0.416 e. The molecule has 0 aliphatic carbocycles. The Hall–Kier alpha value is -2.35. The number of aromatic nitrogens is 2. The third-order valence-electron chi connectivity index (χ3n) is 2.50. The maximum atomic E-state index is 12.6. The second-order valence-corrected chi connectivity index (χ2v) is 4.35. The number of anilines is 1. The van der Waals surface area contributed by atoms with Crippen LogP contribution < -0.4 is 10.9 Å². The molecule has 0 aliphatic rings. The molecule has 5 nitrogen and oxygen atoms in total. The van der Waals surface area contributed by atoms with Crippen molar-refractivity contribution in [2.45, 2.75) is 6.18 Å². The van der Waals surface area contributed by atoms with Gasteiger partial charge in [0.25, 0.3) is 11.5 Å². The number of carbonyl (C=O) groups excluding carboxylic acids is 1. The van der Waals surface area contributed by atoms with Crippen molar-refractivity contribution in [3.63, 3.8) is 0 Å². The summed E-state index contributed by atoms with van der Waals surface area (Å²) in [6.07, 6.45) is -2.50. The van der Waals surface area contributed by atoms with Gasteiger partial charge >= 0.3 is 6.18 Å². The average molecular weight is 318 g/mol. The van der Waals surface area contributed by atoms with E-state index >= 15 is 0 Å². The van der Waals surface area contributed by atoms with Gasteiger partial charge in [-0.2, -0.15) is 13.2 Å². The van der Waals surface area contributed by atoms with Crippen molar-refractivity contribution in [1.82, 2.24) is 9.97 Å². The summed E-state index contributed by atoms with van der Waals surface area (Å²) in [5, 5.41) is 2.06. The predicted molar refractivity (Wildman–Crippen MR) is 69.3 cm³/mol. The summed E-state index contributed by atoms with van der Waals surface area (Å²) >= 11 is 5.73. The SMILES string of the molecule is O=C(Nc1cc(C(F)(F)F)ccc1Cl)c1cnc[nH]c1=O. The number of nitrogens with zero attached hydrogens (tertiary/aromatic N) is 1. The van der Waals surface area contributed by atoms with E-state index in [-0.39, 0.29) is 16.3 Å². The molecule has 0 saturated heterocycles. The number of rotatable bonds is 2. The molecule has 0 unspecified atom stereocenters. The smallest absolute Gasteiger partial charge is 0.320 e. The molecule has 1 amide bonds. The van der Waals surface area contributed by atoms with Crippen LogP contribution in [0.3, 0.4) is 0 Å². The van der Waals surface area contributed by atoms with Crippen LogP contribution in [0.25, 0.3) is 0 Å². The molecule has 0 aliphatic heterocycles. The van der Waals surface area contributed by atoms with E-state index in [2.05, 4.69) is 15.3 Å². The minimum absolute atomic E-state index is 0.0864. The van der Waals surface area contributed by atoms with Crippen LogP contribution in [0.4, 0.5) is 18.9 Å². The van der Waals surface area contributed by atoms with Crippen LogP contribution in [-0.4, -0.2) is 15.9 Å². The van der Waals surface area contributed by atoms with Gasteiger partial charge in [-0.05, 0) is 18.2 Å². The van der Waals surface area contributed by atoms with E-state index in [9.17, 15) is 22.8 Å². The molecule has 0 bridgehead atoms. The molecule has 21 heavy (non-hydrogen) atoms. The van der Waals surface area contributed by atoms with E-state index in [1.54, 1.807) is 0 Å². The number of hydrogen-bond acceptors (Lipinski definition) is 3. The highest BCUT2D eigenvalue weighted by Crippen LogP contribution is 2.33. The Bertz CT molecular complexity index is 743. The number of carbonyl (C=O) groups is 1. The van der Waals surface area contributed by atoms with Gasteiger partial charge in [-0.3, -0.25) is 9.59 Å². The van der Waals surface area contributed by atoms with Crippen LogP contribution in [-0.2, 0) is 6.18 Å². The Balaban J connectivity index is 2.34. The van der Waals surface area contributed by atoms with E-state index in [0.717, 1.165) is 24.7 Å². The van der Waals surface area contributed by atoms with E-state index in [1.165, 1.54) is 0 Å². The standard InChI is InChI=1S/C12H7ClF3N3O2/c13-8-2-1-6(12(14,15)16)3-9(8)19-11(21)7-4-17-5-18-10(7)20/h1-5H,(H,19,21)(H,17,18,20). The third kappa shape index (κ3) is 3.40. The van der Waals surface area contributed by atoms with E-state index in [0.29, 0.717) is 6.07 Å². The minimum Gasteiger partial charge on any atom is -0.320 e. The van der Waals surface area contributed by atoms with Gasteiger partial charge in [0, 0.05) is 6.20 Å². The highest BCUT2D eigenvalue weighted by atomic mass is 35.5. The fourth-order valence-corrected chi connectivity index (χ4v) is 1.66.